The van der Waals surface area contributed by atoms with Crippen molar-refractivity contribution in [2.75, 3.05) is 0 Å². The average Bonchev–Trinajstić information content (AvgIpc) is 3.49. The number of benzene rings is 4. The third-order valence-corrected chi connectivity index (χ3v) is 7.23. The molecule has 0 spiro atoms. The van der Waals surface area contributed by atoms with Crippen LogP contribution in [0, 0.1) is 14.0 Å². The summed E-state index contributed by atoms with van der Waals surface area (Å²) in [5.41, 5.74) is 8.19. The minimum absolute atomic E-state index is 0. The number of hydrogen-bond donors (Lipinski definition) is 0. The van der Waals surface area contributed by atoms with E-state index in [-0.39, 0.29) is 20.1 Å². The SMILES string of the molecule is [CH2-]c1ccc2c(oc3c4cccc5c6ccccc6n(c54)c23)c1-c1cc2ccccc2c[n+]1[CH2-].[Ir]. The Morgan fingerprint density at radius 1 is 0.686 bits per heavy atom. The molecule has 35 heavy (non-hydrogen) atoms. The number of hydrogen-bond acceptors (Lipinski definition) is 1. The van der Waals surface area contributed by atoms with Crippen molar-refractivity contribution in [2.45, 2.75) is 0 Å². The molecule has 169 valence electrons. The van der Waals surface area contributed by atoms with E-state index in [0.29, 0.717) is 0 Å². The number of para-hydroxylation sites is 2. The van der Waals surface area contributed by atoms with Crippen LogP contribution in [-0.4, -0.2) is 4.40 Å². The van der Waals surface area contributed by atoms with E-state index < -0.39 is 0 Å². The van der Waals surface area contributed by atoms with Crippen molar-refractivity contribution >= 4 is 60.0 Å². The van der Waals surface area contributed by atoms with Crippen LogP contribution >= 0.6 is 0 Å². The van der Waals surface area contributed by atoms with Crippen LogP contribution in [0.1, 0.15) is 5.56 Å². The predicted octanol–water partition coefficient (Wildman–Crippen LogP) is 7.51. The van der Waals surface area contributed by atoms with Gasteiger partial charge < -0.3 is 13.4 Å². The van der Waals surface area contributed by atoms with Crippen LogP contribution in [0.25, 0.3) is 71.3 Å². The van der Waals surface area contributed by atoms with E-state index in [1.807, 2.05) is 10.6 Å². The molecule has 3 nitrogen and oxygen atoms in total. The summed E-state index contributed by atoms with van der Waals surface area (Å²) >= 11 is 0. The predicted molar refractivity (Wildman–Crippen MR) is 139 cm³/mol. The number of aromatic nitrogens is 2. The van der Waals surface area contributed by atoms with E-state index in [4.69, 9.17) is 4.42 Å². The first-order valence-corrected chi connectivity index (χ1v) is 11.4. The largest absolute Gasteiger partial charge is 0.467 e. The van der Waals surface area contributed by atoms with Gasteiger partial charge in [-0.25, -0.2) is 0 Å². The van der Waals surface area contributed by atoms with E-state index in [1.165, 1.54) is 21.8 Å². The molecular weight excluding hydrogens is 609 g/mol. The van der Waals surface area contributed by atoms with Crippen molar-refractivity contribution in [1.29, 1.82) is 0 Å². The van der Waals surface area contributed by atoms with E-state index in [2.05, 4.69) is 103 Å². The molecule has 4 heteroatoms. The molecule has 4 aromatic carbocycles. The summed E-state index contributed by atoms with van der Waals surface area (Å²) in [7, 11) is 4.30. The first-order valence-electron chi connectivity index (χ1n) is 11.4. The van der Waals surface area contributed by atoms with Gasteiger partial charge in [0.25, 0.3) is 0 Å². The molecule has 0 atom stereocenters. The molecule has 4 aromatic heterocycles. The molecule has 0 fully saturated rings. The first-order chi connectivity index (χ1) is 16.7. The molecule has 0 saturated heterocycles. The third-order valence-electron chi connectivity index (χ3n) is 7.23. The van der Waals surface area contributed by atoms with Gasteiger partial charge in [0.2, 0.25) is 0 Å². The van der Waals surface area contributed by atoms with Crippen molar-refractivity contribution < 1.29 is 29.1 Å². The summed E-state index contributed by atoms with van der Waals surface area (Å²) in [4.78, 5) is 0. The molecule has 0 unspecified atom stereocenters. The molecule has 0 saturated carbocycles. The van der Waals surface area contributed by atoms with Gasteiger partial charge in [0.05, 0.1) is 34.0 Å². The van der Waals surface area contributed by atoms with Gasteiger partial charge in [-0.05, 0) is 22.9 Å². The van der Waals surface area contributed by atoms with E-state index in [1.54, 1.807) is 0 Å². The Bertz CT molecular complexity index is 2100. The number of fused-ring (bicyclic) bond motifs is 9. The van der Waals surface area contributed by atoms with Crippen LogP contribution in [0.5, 0.6) is 0 Å². The second kappa shape index (κ2) is 7.02. The van der Waals surface area contributed by atoms with Gasteiger partial charge >= 0.3 is 0 Å². The fraction of sp³-hybridized carbons (Fsp3) is 0. The summed E-state index contributed by atoms with van der Waals surface area (Å²) in [6.45, 7) is 4.37. The molecule has 0 bridgehead atoms. The van der Waals surface area contributed by atoms with E-state index in [0.717, 1.165) is 55.0 Å². The molecule has 4 heterocycles. The summed E-state index contributed by atoms with van der Waals surface area (Å²) in [5, 5.41) is 7.06. The van der Waals surface area contributed by atoms with Gasteiger partial charge in [0, 0.05) is 48.7 Å². The summed E-state index contributed by atoms with van der Waals surface area (Å²) in [5.74, 6) is 0. The first kappa shape index (κ1) is 20.4. The fourth-order valence-electron chi connectivity index (χ4n) is 5.75. The number of pyridine rings is 1. The molecular formula is C31H19IrN2O-. The maximum absolute atomic E-state index is 6.72. The fourth-order valence-corrected chi connectivity index (χ4v) is 5.75. The Morgan fingerprint density at radius 3 is 2.29 bits per heavy atom. The Balaban J connectivity index is 0.00000210. The van der Waals surface area contributed by atoms with Crippen LogP contribution < -0.4 is 4.57 Å². The van der Waals surface area contributed by atoms with Gasteiger partial charge in [-0.15, -0.1) is 6.07 Å². The van der Waals surface area contributed by atoms with Crippen molar-refractivity contribution in [1.82, 2.24) is 4.40 Å². The Labute approximate surface area is 214 Å². The van der Waals surface area contributed by atoms with Crippen molar-refractivity contribution in [3.8, 4) is 11.3 Å². The minimum atomic E-state index is 0. The van der Waals surface area contributed by atoms with Crippen LogP contribution in [0.15, 0.2) is 95.5 Å². The van der Waals surface area contributed by atoms with Crippen LogP contribution in [0.4, 0.5) is 0 Å². The molecule has 1 radical (unpaired) electrons. The zero-order valence-electron chi connectivity index (χ0n) is 18.7. The smallest absolute Gasteiger partial charge is 0.159 e. The average molecular weight is 628 g/mol. The molecule has 8 aromatic rings. The maximum atomic E-state index is 6.72. The second-order valence-electron chi connectivity index (χ2n) is 9.07. The second-order valence-corrected chi connectivity index (χ2v) is 9.07. The van der Waals surface area contributed by atoms with Crippen LogP contribution in [-0.2, 0) is 20.1 Å². The third kappa shape index (κ3) is 2.50. The standard InChI is InChI=1S/C31H19N2O.Ir/c1-18-14-15-24-29-31(23-12-7-11-22-21-10-5-6-13-25(21)33(29)28(22)23)34-30(24)27(18)26-16-19-8-3-4-9-20(19)17-32(26)2;/h3-17H,1-2H2;/q-1;. The monoisotopic (exact) mass is 628 g/mol. The Morgan fingerprint density at radius 2 is 1.40 bits per heavy atom. The summed E-state index contributed by atoms with van der Waals surface area (Å²) in [6.07, 6.45) is 2.07. The normalized spacial score (nSPS) is 12.0. The quantitative estimate of drug-likeness (QED) is 0.136. The molecule has 0 amide bonds. The van der Waals surface area contributed by atoms with Gasteiger partial charge in [0.1, 0.15) is 0 Å². The molecule has 0 N–H and O–H groups in total. The molecule has 8 rings (SSSR count). The van der Waals surface area contributed by atoms with E-state index >= 15 is 0 Å². The van der Waals surface area contributed by atoms with E-state index in [9.17, 15) is 0 Å². The topological polar surface area (TPSA) is 21.4 Å². The molecule has 0 aliphatic rings. The van der Waals surface area contributed by atoms with Gasteiger partial charge in [-0.2, -0.15) is 18.6 Å². The zero-order valence-corrected chi connectivity index (χ0v) is 21.1. The van der Waals surface area contributed by atoms with Gasteiger partial charge in [-0.3, -0.25) is 0 Å². The Kier molecular flexibility index (Phi) is 4.09. The number of nitrogens with zero attached hydrogens (tertiary/aromatic N) is 2. The number of rotatable bonds is 1. The maximum Gasteiger partial charge on any atom is 0.159 e. The molecule has 0 aliphatic carbocycles. The number of furan rings is 1. The summed E-state index contributed by atoms with van der Waals surface area (Å²) < 4.78 is 11.0. The molecule has 0 aliphatic heterocycles. The van der Waals surface area contributed by atoms with Crippen molar-refractivity contribution in [3.05, 3.63) is 111 Å². The van der Waals surface area contributed by atoms with Gasteiger partial charge in [0.15, 0.2) is 5.58 Å². The zero-order chi connectivity index (χ0) is 22.6. The summed E-state index contributed by atoms with van der Waals surface area (Å²) in [6, 6.07) is 29.8. The Hall–Kier alpha value is -3.98. The van der Waals surface area contributed by atoms with Crippen molar-refractivity contribution in [2.24, 2.45) is 0 Å². The van der Waals surface area contributed by atoms with Crippen LogP contribution in [0.2, 0.25) is 0 Å². The van der Waals surface area contributed by atoms with Crippen LogP contribution in [0.3, 0.4) is 0 Å². The van der Waals surface area contributed by atoms with Crippen molar-refractivity contribution in [3.63, 3.8) is 0 Å². The minimum Gasteiger partial charge on any atom is -0.467 e. The van der Waals surface area contributed by atoms with Gasteiger partial charge in [-0.1, -0.05) is 66.2 Å².